The van der Waals surface area contributed by atoms with Crippen molar-refractivity contribution in [3.8, 4) is 12.3 Å². The molecule has 0 aromatic carbocycles. The molecule has 0 saturated carbocycles. The quantitative estimate of drug-likeness (QED) is 0.647. The number of hydrogen-bond acceptors (Lipinski definition) is 4. The molecule has 0 aromatic rings. The molecule has 6 nitrogen and oxygen atoms in total. The average molecular weight is 348 g/mol. The summed E-state index contributed by atoms with van der Waals surface area (Å²) in [5, 5.41) is 2.71. The highest BCUT2D eigenvalue weighted by atomic mass is 16.5. The van der Waals surface area contributed by atoms with Crippen molar-refractivity contribution in [2.75, 3.05) is 7.11 Å². The van der Waals surface area contributed by atoms with Gasteiger partial charge in [-0.25, -0.2) is 0 Å². The van der Waals surface area contributed by atoms with E-state index in [0.717, 1.165) is 0 Å². The Labute approximate surface area is 150 Å². The number of carbonyl (C=O) groups is 3. The average Bonchev–Trinajstić information content (AvgIpc) is 2.86. The largest absolute Gasteiger partial charge is 0.499 e. The van der Waals surface area contributed by atoms with Crippen LogP contribution in [0.2, 0.25) is 0 Å². The van der Waals surface area contributed by atoms with Crippen molar-refractivity contribution in [1.29, 1.82) is 0 Å². The van der Waals surface area contributed by atoms with Gasteiger partial charge in [0.15, 0.2) is 0 Å². The summed E-state index contributed by atoms with van der Waals surface area (Å²) in [6.45, 7) is 5.96. The summed E-state index contributed by atoms with van der Waals surface area (Å²) in [6.07, 6.45) is 8.77. The van der Waals surface area contributed by atoms with E-state index >= 15 is 0 Å². The second-order valence-corrected chi connectivity index (χ2v) is 6.56. The normalized spacial score (nSPS) is 17.9. The number of amides is 3. The van der Waals surface area contributed by atoms with Crippen LogP contribution in [0.4, 0.5) is 0 Å². The van der Waals surface area contributed by atoms with Crippen LogP contribution in [0, 0.1) is 18.3 Å². The molecule has 138 valence electrons. The monoisotopic (exact) mass is 348 g/mol. The number of methoxy groups -OCH3 is 1. The van der Waals surface area contributed by atoms with Crippen molar-refractivity contribution in [2.45, 2.75) is 65.0 Å². The first-order chi connectivity index (χ1) is 11.8. The lowest BCUT2D eigenvalue weighted by molar-refractivity contribution is -0.146. The van der Waals surface area contributed by atoms with Crippen molar-refractivity contribution in [3.63, 3.8) is 0 Å². The Hall–Kier alpha value is -2.29. The van der Waals surface area contributed by atoms with Gasteiger partial charge in [-0.1, -0.05) is 27.2 Å². The molecule has 1 heterocycles. The molecule has 6 heteroatoms. The van der Waals surface area contributed by atoms with E-state index in [2.05, 4.69) is 11.2 Å². The summed E-state index contributed by atoms with van der Waals surface area (Å²) in [5.74, 6) is 2.10. The number of nitrogens with zero attached hydrogens (tertiary/aromatic N) is 1. The van der Waals surface area contributed by atoms with E-state index in [1.54, 1.807) is 0 Å². The molecule has 25 heavy (non-hydrogen) atoms. The molecule has 1 rings (SSSR count). The summed E-state index contributed by atoms with van der Waals surface area (Å²) in [7, 11) is 1.49. The van der Waals surface area contributed by atoms with Crippen molar-refractivity contribution in [3.05, 3.63) is 11.8 Å². The van der Waals surface area contributed by atoms with Gasteiger partial charge >= 0.3 is 0 Å². The zero-order valence-corrected chi connectivity index (χ0v) is 15.5. The molecule has 0 fully saturated rings. The third kappa shape index (κ3) is 5.63. The molecule has 0 unspecified atom stereocenters. The minimum absolute atomic E-state index is 0.162. The number of carbonyl (C=O) groups excluding carboxylic acids is 3. The Bertz CT molecular complexity index is 574. The van der Waals surface area contributed by atoms with Crippen LogP contribution in [0.1, 0.15) is 52.9 Å². The highest BCUT2D eigenvalue weighted by Gasteiger charge is 2.41. The molecule has 0 aromatic heterocycles. The molecule has 0 aliphatic carbocycles. The van der Waals surface area contributed by atoms with Crippen LogP contribution in [-0.4, -0.2) is 41.8 Å². The maximum atomic E-state index is 13.0. The highest BCUT2D eigenvalue weighted by molar-refractivity contribution is 6.06. The lowest BCUT2D eigenvalue weighted by Gasteiger charge is -2.29. The van der Waals surface area contributed by atoms with E-state index in [1.807, 2.05) is 20.8 Å². The van der Waals surface area contributed by atoms with Crippen LogP contribution >= 0.6 is 0 Å². The Morgan fingerprint density at radius 1 is 1.44 bits per heavy atom. The third-order valence-corrected chi connectivity index (χ3v) is 4.02. The van der Waals surface area contributed by atoms with Gasteiger partial charge in [0, 0.05) is 18.9 Å². The first kappa shape index (κ1) is 20.8. The Kier molecular flexibility index (Phi) is 8.20. The van der Waals surface area contributed by atoms with Gasteiger partial charge in [-0.05, 0) is 18.8 Å². The molecular weight excluding hydrogens is 320 g/mol. The third-order valence-electron chi connectivity index (χ3n) is 4.02. The first-order valence-corrected chi connectivity index (χ1v) is 8.71. The van der Waals surface area contributed by atoms with Crippen LogP contribution < -0.4 is 5.32 Å². The maximum absolute atomic E-state index is 13.0. The van der Waals surface area contributed by atoms with E-state index in [0.29, 0.717) is 31.4 Å². The zero-order chi connectivity index (χ0) is 19.0. The fourth-order valence-corrected chi connectivity index (χ4v) is 2.86. The predicted octanol–water partition coefficient (Wildman–Crippen LogP) is 2.00. The minimum Gasteiger partial charge on any atom is -0.499 e. The van der Waals surface area contributed by atoms with E-state index in [1.165, 1.54) is 18.1 Å². The molecule has 1 N–H and O–H groups in total. The van der Waals surface area contributed by atoms with Gasteiger partial charge in [0.05, 0.1) is 13.2 Å². The molecule has 0 saturated heterocycles. The Morgan fingerprint density at radius 2 is 2.12 bits per heavy atom. The molecule has 2 atom stereocenters. The van der Waals surface area contributed by atoms with Crippen molar-refractivity contribution < 1.29 is 19.1 Å². The number of terminal acetylenes is 1. The van der Waals surface area contributed by atoms with Crippen LogP contribution in [-0.2, 0) is 19.1 Å². The highest BCUT2D eigenvalue weighted by Crippen LogP contribution is 2.27. The van der Waals surface area contributed by atoms with Crippen LogP contribution in [0.5, 0.6) is 0 Å². The van der Waals surface area contributed by atoms with Gasteiger partial charge < -0.3 is 10.1 Å². The molecule has 0 bridgehead atoms. The smallest absolute Gasteiger partial charge is 0.257 e. The Balaban J connectivity index is 2.95. The molecule has 1 aliphatic heterocycles. The molecule has 0 radical (unpaired) electrons. The second kappa shape index (κ2) is 9.87. The standard InChI is InChI=1S/C19H28N2O4/c1-6-8-10-17(22)20-14(9-7-2)19(24)21-15(11-13(3)4)16(25-5)12-18(21)23/h1,12-15H,7-11H2,2-5H3,(H,20,22)/t14-,15-/m1/s1. The molecule has 1 aliphatic rings. The number of nitrogens with one attached hydrogen (secondary N) is 1. The SMILES string of the molecule is C#CCCC(=O)N[C@H](CCC)C(=O)N1C(=O)C=C(OC)[C@H]1CC(C)C. The van der Waals surface area contributed by atoms with Crippen molar-refractivity contribution in [2.24, 2.45) is 5.92 Å². The molecular formula is C19H28N2O4. The predicted molar refractivity (Wildman–Crippen MR) is 95.1 cm³/mol. The number of imide groups is 1. The fraction of sp³-hybridized carbons (Fsp3) is 0.632. The van der Waals surface area contributed by atoms with Crippen molar-refractivity contribution in [1.82, 2.24) is 10.2 Å². The summed E-state index contributed by atoms with van der Waals surface area (Å²) in [5.41, 5.74) is 0. The molecule has 3 amide bonds. The van der Waals surface area contributed by atoms with Gasteiger partial charge in [0.25, 0.3) is 11.8 Å². The number of ether oxygens (including phenoxy) is 1. The fourth-order valence-electron chi connectivity index (χ4n) is 2.86. The topological polar surface area (TPSA) is 75.7 Å². The van der Waals surface area contributed by atoms with E-state index in [9.17, 15) is 14.4 Å². The maximum Gasteiger partial charge on any atom is 0.257 e. The first-order valence-electron chi connectivity index (χ1n) is 8.71. The summed E-state index contributed by atoms with van der Waals surface area (Å²) >= 11 is 0. The lowest BCUT2D eigenvalue weighted by Crippen LogP contribution is -2.52. The van der Waals surface area contributed by atoms with Crippen LogP contribution in [0.25, 0.3) is 0 Å². The van der Waals surface area contributed by atoms with Crippen LogP contribution in [0.3, 0.4) is 0 Å². The van der Waals surface area contributed by atoms with Crippen LogP contribution in [0.15, 0.2) is 11.8 Å². The van der Waals surface area contributed by atoms with Gasteiger partial charge in [-0.15, -0.1) is 12.3 Å². The summed E-state index contributed by atoms with van der Waals surface area (Å²) in [6, 6.07) is -1.16. The zero-order valence-electron chi connectivity index (χ0n) is 15.5. The van der Waals surface area contributed by atoms with E-state index < -0.39 is 23.9 Å². The van der Waals surface area contributed by atoms with Crippen molar-refractivity contribution >= 4 is 17.7 Å². The molecule has 0 spiro atoms. The summed E-state index contributed by atoms with van der Waals surface area (Å²) in [4.78, 5) is 38.5. The second-order valence-electron chi connectivity index (χ2n) is 6.56. The number of rotatable bonds is 9. The lowest BCUT2D eigenvalue weighted by atomic mass is 10.0. The van der Waals surface area contributed by atoms with Gasteiger partial charge in [0.1, 0.15) is 11.8 Å². The number of hydrogen-bond donors (Lipinski definition) is 1. The van der Waals surface area contributed by atoms with E-state index in [-0.39, 0.29) is 18.2 Å². The van der Waals surface area contributed by atoms with Gasteiger partial charge in [-0.2, -0.15) is 0 Å². The Morgan fingerprint density at radius 3 is 2.64 bits per heavy atom. The van der Waals surface area contributed by atoms with E-state index in [4.69, 9.17) is 11.2 Å². The summed E-state index contributed by atoms with van der Waals surface area (Å²) < 4.78 is 5.29. The van der Waals surface area contributed by atoms with Gasteiger partial charge in [0.2, 0.25) is 5.91 Å². The minimum atomic E-state index is -0.738. The van der Waals surface area contributed by atoms with Gasteiger partial charge in [-0.3, -0.25) is 19.3 Å².